The summed E-state index contributed by atoms with van der Waals surface area (Å²) in [5.74, 6) is 0.126. The molecule has 1 aromatic carbocycles. The molecule has 1 aliphatic heterocycles. The molecule has 1 amide bonds. The smallest absolute Gasteiger partial charge is 0.224 e. The van der Waals surface area contributed by atoms with E-state index in [1.54, 1.807) is 0 Å². The van der Waals surface area contributed by atoms with Gasteiger partial charge in [0.2, 0.25) is 5.91 Å². The second-order valence-electron chi connectivity index (χ2n) is 7.40. The molecule has 1 heterocycles. The number of rotatable bonds is 7. The Balaban J connectivity index is 1.43. The summed E-state index contributed by atoms with van der Waals surface area (Å²) < 4.78 is 5.41. The zero-order valence-electron chi connectivity index (χ0n) is 14.9. The van der Waals surface area contributed by atoms with Crippen molar-refractivity contribution in [2.45, 2.75) is 19.3 Å². The van der Waals surface area contributed by atoms with Gasteiger partial charge in [0, 0.05) is 51.4 Å². The Kier molecular flexibility index (Phi) is 5.41. The summed E-state index contributed by atoms with van der Waals surface area (Å²) in [6, 6.07) is 8.19. The van der Waals surface area contributed by atoms with E-state index in [1.165, 1.54) is 12.8 Å². The average Bonchev–Trinajstić information content (AvgIpc) is 3.34. The second kappa shape index (κ2) is 7.53. The van der Waals surface area contributed by atoms with Crippen molar-refractivity contribution in [3.8, 4) is 0 Å². The van der Waals surface area contributed by atoms with Crippen LogP contribution in [0.5, 0.6) is 0 Å². The van der Waals surface area contributed by atoms with Crippen molar-refractivity contribution in [1.29, 1.82) is 0 Å². The summed E-state index contributed by atoms with van der Waals surface area (Å²) in [7, 11) is 4.04. The first kappa shape index (κ1) is 17.2. The van der Waals surface area contributed by atoms with Gasteiger partial charge in [0.05, 0.1) is 19.6 Å². The van der Waals surface area contributed by atoms with E-state index >= 15 is 0 Å². The number of hydrogen-bond acceptors (Lipinski definition) is 4. The predicted molar refractivity (Wildman–Crippen MR) is 96.4 cm³/mol. The van der Waals surface area contributed by atoms with Crippen molar-refractivity contribution >= 4 is 11.6 Å². The largest absolute Gasteiger partial charge is 0.379 e. The van der Waals surface area contributed by atoms with Gasteiger partial charge < -0.3 is 15.0 Å². The zero-order valence-corrected chi connectivity index (χ0v) is 14.9. The number of carbonyl (C=O) groups excluding carboxylic acids is 1. The van der Waals surface area contributed by atoms with Gasteiger partial charge in [0.25, 0.3) is 0 Å². The maximum Gasteiger partial charge on any atom is 0.224 e. The molecule has 0 unspecified atom stereocenters. The second-order valence-corrected chi connectivity index (χ2v) is 7.40. The van der Waals surface area contributed by atoms with Crippen molar-refractivity contribution in [3.63, 3.8) is 0 Å². The molecule has 5 nitrogen and oxygen atoms in total. The van der Waals surface area contributed by atoms with E-state index in [4.69, 9.17) is 4.74 Å². The van der Waals surface area contributed by atoms with E-state index in [2.05, 4.69) is 27.2 Å². The molecular weight excluding hydrogens is 302 g/mol. The fourth-order valence-corrected chi connectivity index (χ4v) is 3.25. The normalized spacial score (nSPS) is 19.8. The van der Waals surface area contributed by atoms with Crippen LogP contribution in [0, 0.1) is 5.41 Å². The first-order valence-electron chi connectivity index (χ1n) is 8.89. The number of nitrogens with one attached hydrogen (secondary N) is 1. The molecule has 0 bridgehead atoms. The van der Waals surface area contributed by atoms with Crippen LogP contribution in [0.4, 0.5) is 5.69 Å². The molecule has 1 saturated heterocycles. The van der Waals surface area contributed by atoms with Gasteiger partial charge in [0.1, 0.15) is 0 Å². The van der Waals surface area contributed by atoms with Gasteiger partial charge in [-0.3, -0.25) is 9.69 Å². The Labute approximate surface area is 145 Å². The summed E-state index contributed by atoms with van der Waals surface area (Å²) in [6.07, 6.45) is 2.91. The Morgan fingerprint density at radius 3 is 2.46 bits per heavy atom. The minimum Gasteiger partial charge on any atom is -0.379 e. The SMILES string of the molecule is CN(C)c1ccc(CC(=O)NCC2(CN3CCOCC3)CC2)cc1. The fourth-order valence-electron chi connectivity index (χ4n) is 3.25. The quantitative estimate of drug-likeness (QED) is 0.823. The molecule has 0 radical (unpaired) electrons. The number of nitrogens with zero attached hydrogens (tertiary/aromatic N) is 2. The molecule has 0 aromatic heterocycles. The highest BCUT2D eigenvalue weighted by atomic mass is 16.5. The van der Waals surface area contributed by atoms with Gasteiger partial charge in [0.15, 0.2) is 0 Å². The van der Waals surface area contributed by atoms with Crippen LogP contribution in [-0.2, 0) is 16.0 Å². The van der Waals surface area contributed by atoms with Crippen molar-refractivity contribution in [2.24, 2.45) is 5.41 Å². The number of anilines is 1. The summed E-state index contributed by atoms with van der Waals surface area (Å²) in [4.78, 5) is 16.8. The Hall–Kier alpha value is -1.59. The predicted octanol–water partition coefficient (Wildman–Crippen LogP) is 1.52. The molecule has 24 heavy (non-hydrogen) atoms. The standard InChI is InChI=1S/C19H29N3O2/c1-21(2)17-5-3-16(4-6-17)13-18(23)20-14-19(7-8-19)15-22-9-11-24-12-10-22/h3-6H,7-15H2,1-2H3,(H,20,23). The molecule has 132 valence electrons. The first-order valence-corrected chi connectivity index (χ1v) is 8.89. The van der Waals surface area contributed by atoms with E-state index in [0.29, 0.717) is 11.8 Å². The lowest BCUT2D eigenvalue weighted by Gasteiger charge is -2.30. The van der Waals surface area contributed by atoms with Crippen molar-refractivity contribution in [2.75, 3.05) is 58.4 Å². The molecule has 2 fully saturated rings. The summed E-state index contributed by atoms with van der Waals surface area (Å²) in [5, 5.41) is 3.15. The van der Waals surface area contributed by atoms with E-state index in [0.717, 1.165) is 50.6 Å². The average molecular weight is 331 g/mol. The molecule has 2 aliphatic rings. The van der Waals surface area contributed by atoms with Gasteiger partial charge in [-0.15, -0.1) is 0 Å². The lowest BCUT2D eigenvalue weighted by Crippen LogP contribution is -2.43. The van der Waals surface area contributed by atoms with Crippen molar-refractivity contribution in [1.82, 2.24) is 10.2 Å². The minimum atomic E-state index is 0.126. The fraction of sp³-hybridized carbons (Fsp3) is 0.632. The van der Waals surface area contributed by atoms with Gasteiger partial charge in [-0.2, -0.15) is 0 Å². The van der Waals surface area contributed by atoms with E-state index < -0.39 is 0 Å². The van der Waals surface area contributed by atoms with Crippen LogP contribution in [0.25, 0.3) is 0 Å². The number of carbonyl (C=O) groups is 1. The molecule has 0 spiro atoms. The Bertz CT molecular complexity index is 546. The highest BCUT2D eigenvalue weighted by Gasteiger charge is 2.44. The van der Waals surface area contributed by atoms with Crippen LogP contribution < -0.4 is 10.2 Å². The first-order chi connectivity index (χ1) is 11.6. The molecule has 1 saturated carbocycles. The van der Waals surface area contributed by atoms with Gasteiger partial charge in [-0.1, -0.05) is 12.1 Å². The molecule has 3 rings (SSSR count). The number of morpholine rings is 1. The number of ether oxygens (including phenoxy) is 1. The van der Waals surface area contributed by atoms with Crippen LogP contribution in [0.15, 0.2) is 24.3 Å². The van der Waals surface area contributed by atoms with Gasteiger partial charge in [-0.05, 0) is 30.5 Å². The lowest BCUT2D eigenvalue weighted by atomic mass is 10.1. The Morgan fingerprint density at radius 2 is 1.88 bits per heavy atom. The summed E-state index contributed by atoms with van der Waals surface area (Å²) >= 11 is 0. The number of benzene rings is 1. The zero-order chi connectivity index (χ0) is 17.0. The summed E-state index contributed by atoms with van der Waals surface area (Å²) in [5.41, 5.74) is 2.53. The number of hydrogen-bond donors (Lipinski definition) is 1. The molecular formula is C19H29N3O2. The lowest BCUT2D eigenvalue weighted by molar-refractivity contribution is -0.120. The Morgan fingerprint density at radius 1 is 1.21 bits per heavy atom. The molecule has 0 atom stereocenters. The highest BCUT2D eigenvalue weighted by molar-refractivity contribution is 5.78. The van der Waals surface area contributed by atoms with E-state index in [9.17, 15) is 4.79 Å². The van der Waals surface area contributed by atoms with Crippen LogP contribution in [0.1, 0.15) is 18.4 Å². The topological polar surface area (TPSA) is 44.8 Å². The van der Waals surface area contributed by atoms with Crippen LogP contribution in [0.3, 0.4) is 0 Å². The molecule has 1 N–H and O–H groups in total. The number of amides is 1. The summed E-state index contributed by atoms with van der Waals surface area (Å²) in [6.45, 7) is 5.62. The van der Waals surface area contributed by atoms with Crippen LogP contribution >= 0.6 is 0 Å². The third-order valence-corrected chi connectivity index (χ3v) is 5.10. The third kappa shape index (κ3) is 4.71. The maximum absolute atomic E-state index is 12.2. The maximum atomic E-state index is 12.2. The molecule has 1 aliphatic carbocycles. The van der Waals surface area contributed by atoms with Crippen LogP contribution in [0.2, 0.25) is 0 Å². The third-order valence-electron chi connectivity index (χ3n) is 5.10. The van der Waals surface area contributed by atoms with Crippen molar-refractivity contribution in [3.05, 3.63) is 29.8 Å². The van der Waals surface area contributed by atoms with Crippen LogP contribution in [-0.4, -0.2) is 64.3 Å². The molecule has 5 heteroatoms. The van der Waals surface area contributed by atoms with Crippen molar-refractivity contribution < 1.29 is 9.53 Å². The minimum absolute atomic E-state index is 0.126. The van der Waals surface area contributed by atoms with E-state index in [-0.39, 0.29) is 5.91 Å². The van der Waals surface area contributed by atoms with Gasteiger partial charge >= 0.3 is 0 Å². The highest BCUT2D eigenvalue weighted by Crippen LogP contribution is 2.45. The van der Waals surface area contributed by atoms with Gasteiger partial charge in [-0.25, -0.2) is 0 Å². The monoisotopic (exact) mass is 331 g/mol. The molecule has 1 aromatic rings. The van der Waals surface area contributed by atoms with E-state index in [1.807, 2.05) is 26.2 Å².